The Balaban J connectivity index is 1.31. The summed E-state index contributed by atoms with van der Waals surface area (Å²) in [7, 11) is 1.79. The molecule has 5 aliphatic rings. The predicted molar refractivity (Wildman–Crippen MR) is 85.6 cm³/mol. The highest BCUT2D eigenvalue weighted by Gasteiger charge is 2.51. The molecule has 0 saturated heterocycles. The highest BCUT2D eigenvalue weighted by atomic mass is 16.5. The Bertz CT molecular complexity index is 394. The topological polar surface area (TPSA) is 50.4 Å². The van der Waals surface area contributed by atoms with Gasteiger partial charge in [0.25, 0.3) is 0 Å². The molecule has 4 bridgehead atoms. The molecule has 5 saturated carbocycles. The number of hydrogen-bond acceptors (Lipinski definition) is 2. The van der Waals surface area contributed by atoms with E-state index in [1.165, 1.54) is 38.5 Å². The molecule has 2 amide bonds. The van der Waals surface area contributed by atoms with Crippen LogP contribution in [0.2, 0.25) is 0 Å². The summed E-state index contributed by atoms with van der Waals surface area (Å²) in [4.78, 5) is 12.5. The summed E-state index contributed by atoms with van der Waals surface area (Å²) >= 11 is 0. The van der Waals surface area contributed by atoms with E-state index in [0.717, 1.165) is 43.4 Å². The molecule has 0 heterocycles. The van der Waals surface area contributed by atoms with Crippen LogP contribution in [0.15, 0.2) is 0 Å². The first-order valence-electron chi connectivity index (χ1n) is 9.25. The number of nitrogens with one attached hydrogen (secondary N) is 2. The standard InChI is InChI=1S/C18H30N2O2/c1-22-16-4-2-15(3-5-16)19-17(21)20-18-9-12-6-13(10-18)8-14(7-12)11-18/h12-16H,2-11H2,1H3,(H2,19,20,21)/t12?,13?,14?,15-,16-,18?. The van der Waals surface area contributed by atoms with Crippen molar-refractivity contribution in [2.75, 3.05) is 7.11 Å². The SMILES string of the molecule is CO[C@H]1CC[C@H](NC(=O)NC23CC4CC(CC(C4)C2)C3)CC1. The Labute approximate surface area is 133 Å². The molecule has 124 valence electrons. The van der Waals surface area contributed by atoms with E-state index in [9.17, 15) is 4.79 Å². The van der Waals surface area contributed by atoms with Crippen LogP contribution in [-0.2, 0) is 4.74 Å². The molecule has 0 atom stereocenters. The monoisotopic (exact) mass is 306 g/mol. The van der Waals surface area contributed by atoms with Crippen LogP contribution in [0.25, 0.3) is 0 Å². The average Bonchev–Trinajstić information content (AvgIpc) is 2.45. The molecular formula is C18H30N2O2. The van der Waals surface area contributed by atoms with Gasteiger partial charge in [-0.2, -0.15) is 0 Å². The maximum Gasteiger partial charge on any atom is 0.315 e. The summed E-state index contributed by atoms with van der Waals surface area (Å²) in [6, 6.07) is 0.420. The number of ether oxygens (including phenoxy) is 1. The number of urea groups is 1. The molecule has 0 aromatic carbocycles. The zero-order valence-corrected chi connectivity index (χ0v) is 13.8. The fraction of sp³-hybridized carbons (Fsp3) is 0.944. The van der Waals surface area contributed by atoms with Gasteiger partial charge in [0.1, 0.15) is 0 Å². The van der Waals surface area contributed by atoms with Crippen LogP contribution in [0.4, 0.5) is 4.79 Å². The summed E-state index contributed by atoms with van der Waals surface area (Å²) in [5.74, 6) is 2.64. The molecule has 22 heavy (non-hydrogen) atoms. The molecule has 4 nitrogen and oxygen atoms in total. The number of carbonyl (C=O) groups is 1. The van der Waals surface area contributed by atoms with E-state index < -0.39 is 0 Å². The van der Waals surface area contributed by atoms with Crippen molar-refractivity contribution < 1.29 is 9.53 Å². The van der Waals surface area contributed by atoms with Crippen LogP contribution in [0.3, 0.4) is 0 Å². The number of hydrogen-bond donors (Lipinski definition) is 2. The van der Waals surface area contributed by atoms with Crippen molar-refractivity contribution >= 4 is 6.03 Å². The van der Waals surface area contributed by atoms with Gasteiger partial charge >= 0.3 is 6.03 Å². The van der Waals surface area contributed by atoms with E-state index in [1.807, 2.05) is 0 Å². The maximum atomic E-state index is 12.5. The lowest BCUT2D eigenvalue weighted by atomic mass is 9.53. The zero-order chi connectivity index (χ0) is 15.2. The summed E-state index contributed by atoms with van der Waals surface area (Å²) in [6.45, 7) is 0. The van der Waals surface area contributed by atoms with Crippen LogP contribution in [0.1, 0.15) is 64.2 Å². The van der Waals surface area contributed by atoms with Crippen molar-refractivity contribution in [2.45, 2.75) is 81.9 Å². The third kappa shape index (κ3) is 2.86. The van der Waals surface area contributed by atoms with Gasteiger partial charge in [-0.1, -0.05) is 0 Å². The maximum absolute atomic E-state index is 12.5. The number of rotatable bonds is 3. The van der Waals surface area contributed by atoms with Gasteiger partial charge in [0.15, 0.2) is 0 Å². The quantitative estimate of drug-likeness (QED) is 0.841. The molecule has 5 rings (SSSR count). The Morgan fingerprint density at radius 3 is 2.00 bits per heavy atom. The highest BCUT2D eigenvalue weighted by Crippen LogP contribution is 2.55. The summed E-state index contributed by atoms with van der Waals surface area (Å²) in [5, 5.41) is 6.65. The molecule has 0 radical (unpaired) electrons. The van der Waals surface area contributed by atoms with Gasteiger partial charge in [0, 0.05) is 18.7 Å². The Morgan fingerprint density at radius 2 is 1.50 bits per heavy atom. The Morgan fingerprint density at radius 1 is 0.955 bits per heavy atom. The highest BCUT2D eigenvalue weighted by molar-refractivity contribution is 5.75. The van der Waals surface area contributed by atoms with E-state index in [2.05, 4.69) is 10.6 Å². The van der Waals surface area contributed by atoms with Gasteiger partial charge in [0.2, 0.25) is 0 Å². The van der Waals surface area contributed by atoms with Crippen molar-refractivity contribution in [3.8, 4) is 0 Å². The molecule has 0 spiro atoms. The van der Waals surface area contributed by atoms with Crippen LogP contribution >= 0.6 is 0 Å². The van der Waals surface area contributed by atoms with Gasteiger partial charge in [-0.15, -0.1) is 0 Å². The smallest absolute Gasteiger partial charge is 0.315 e. The van der Waals surface area contributed by atoms with Gasteiger partial charge in [-0.05, 0) is 82.0 Å². The van der Waals surface area contributed by atoms with Gasteiger partial charge in [-0.3, -0.25) is 0 Å². The Hall–Kier alpha value is -0.770. The second kappa shape index (κ2) is 5.70. The van der Waals surface area contributed by atoms with Crippen LogP contribution in [0, 0.1) is 17.8 Å². The zero-order valence-electron chi connectivity index (χ0n) is 13.8. The minimum atomic E-state index is 0.0859. The number of methoxy groups -OCH3 is 1. The first kappa shape index (κ1) is 14.8. The van der Waals surface area contributed by atoms with Gasteiger partial charge in [0.05, 0.1) is 6.10 Å². The molecule has 5 fully saturated rings. The third-order valence-electron chi connectivity index (χ3n) is 6.76. The van der Waals surface area contributed by atoms with Crippen LogP contribution in [-0.4, -0.2) is 30.8 Å². The molecular weight excluding hydrogens is 276 g/mol. The lowest BCUT2D eigenvalue weighted by Gasteiger charge is -2.56. The fourth-order valence-electron chi connectivity index (χ4n) is 6.17. The van der Waals surface area contributed by atoms with E-state index in [1.54, 1.807) is 7.11 Å². The fourth-order valence-corrected chi connectivity index (χ4v) is 6.17. The molecule has 0 aromatic heterocycles. The molecule has 4 heteroatoms. The predicted octanol–water partition coefficient (Wildman–Crippen LogP) is 3.21. The third-order valence-corrected chi connectivity index (χ3v) is 6.76. The number of carbonyl (C=O) groups excluding carboxylic acids is 1. The number of amides is 2. The average molecular weight is 306 g/mol. The van der Waals surface area contributed by atoms with E-state index in [4.69, 9.17) is 4.74 Å². The lowest BCUT2D eigenvalue weighted by molar-refractivity contribution is -0.0138. The normalized spacial score (nSPS) is 46.5. The first-order valence-corrected chi connectivity index (χ1v) is 9.25. The second-order valence-corrected chi connectivity index (χ2v) is 8.51. The summed E-state index contributed by atoms with van der Waals surface area (Å²) in [6.07, 6.45) is 12.6. The van der Waals surface area contributed by atoms with Crippen LogP contribution < -0.4 is 10.6 Å². The molecule has 0 aliphatic heterocycles. The van der Waals surface area contributed by atoms with Gasteiger partial charge < -0.3 is 15.4 Å². The van der Waals surface area contributed by atoms with Crippen molar-refractivity contribution in [1.29, 1.82) is 0 Å². The summed E-state index contributed by atoms with van der Waals surface area (Å²) in [5.41, 5.74) is 0.128. The van der Waals surface area contributed by atoms with E-state index >= 15 is 0 Å². The largest absolute Gasteiger partial charge is 0.381 e. The van der Waals surface area contributed by atoms with E-state index in [0.29, 0.717) is 12.1 Å². The van der Waals surface area contributed by atoms with Crippen molar-refractivity contribution in [1.82, 2.24) is 10.6 Å². The molecule has 0 unspecified atom stereocenters. The molecule has 2 N–H and O–H groups in total. The van der Waals surface area contributed by atoms with E-state index in [-0.39, 0.29) is 11.6 Å². The van der Waals surface area contributed by atoms with Crippen molar-refractivity contribution in [3.05, 3.63) is 0 Å². The van der Waals surface area contributed by atoms with Crippen molar-refractivity contribution in [3.63, 3.8) is 0 Å². The Kier molecular flexibility index (Phi) is 3.83. The lowest BCUT2D eigenvalue weighted by Crippen LogP contribution is -2.62. The van der Waals surface area contributed by atoms with Gasteiger partial charge in [-0.25, -0.2) is 4.79 Å². The second-order valence-electron chi connectivity index (χ2n) is 8.51. The minimum Gasteiger partial charge on any atom is -0.381 e. The first-order chi connectivity index (χ1) is 10.6. The molecule has 0 aromatic rings. The summed E-state index contributed by atoms with van der Waals surface area (Å²) < 4.78 is 5.41. The minimum absolute atomic E-state index is 0.0859. The molecule has 5 aliphatic carbocycles. The van der Waals surface area contributed by atoms with Crippen LogP contribution in [0.5, 0.6) is 0 Å². The van der Waals surface area contributed by atoms with Crippen molar-refractivity contribution in [2.24, 2.45) is 17.8 Å².